The molecule has 5 heteroatoms. The van der Waals surface area contributed by atoms with Gasteiger partial charge in [-0.1, -0.05) is 13.8 Å². The quantitative estimate of drug-likeness (QED) is 0.894. The monoisotopic (exact) mass is 244 g/mol. The van der Waals surface area contributed by atoms with Gasteiger partial charge in [-0.05, 0) is 24.1 Å². The molecule has 18 heavy (non-hydrogen) atoms. The minimum atomic E-state index is -0.176. The zero-order chi connectivity index (χ0) is 13.1. The fourth-order valence-corrected chi connectivity index (χ4v) is 1.74. The number of nitrogens with zero attached hydrogens (tertiary/aromatic N) is 3. The lowest BCUT2D eigenvalue weighted by molar-refractivity contribution is 0.0957. The summed E-state index contributed by atoms with van der Waals surface area (Å²) < 4.78 is 1.79. The van der Waals surface area contributed by atoms with Crippen LogP contribution in [0.15, 0.2) is 30.6 Å². The van der Waals surface area contributed by atoms with Crippen LogP contribution >= 0.6 is 0 Å². The number of aromatic nitrogens is 3. The summed E-state index contributed by atoms with van der Waals surface area (Å²) >= 11 is 0. The lowest BCUT2D eigenvalue weighted by Gasteiger charge is -2.09. The molecule has 1 N–H and O–H groups in total. The van der Waals surface area contributed by atoms with Crippen LogP contribution in [0.4, 0.5) is 0 Å². The van der Waals surface area contributed by atoms with Crippen molar-refractivity contribution in [1.29, 1.82) is 0 Å². The van der Waals surface area contributed by atoms with Crippen LogP contribution in [0.3, 0.4) is 0 Å². The van der Waals surface area contributed by atoms with Gasteiger partial charge in [-0.15, -0.1) is 0 Å². The Morgan fingerprint density at radius 1 is 1.33 bits per heavy atom. The van der Waals surface area contributed by atoms with Gasteiger partial charge in [0.05, 0.1) is 5.69 Å². The molecule has 2 aromatic rings. The highest BCUT2D eigenvalue weighted by Crippen LogP contribution is 2.19. The van der Waals surface area contributed by atoms with Crippen molar-refractivity contribution in [3.8, 4) is 5.69 Å². The van der Waals surface area contributed by atoms with Crippen molar-refractivity contribution < 1.29 is 4.79 Å². The summed E-state index contributed by atoms with van der Waals surface area (Å²) in [5, 5.41) is 6.93. The third kappa shape index (κ3) is 2.25. The fourth-order valence-electron chi connectivity index (χ4n) is 1.74. The molecule has 0 unspecified atom stereocenters. The number of amides is 1. The van der Waals surface area contributed by atoms with Crippen LogP contribution in [-0.4, -0.2) is 27.7 Å². The van der Waals surface area contributed by atoms with Crippen molar-refractivity contribution >= 4 is 5.91 Å². The topological polar surface area (TPSA) is 59.8 Å². The van der Waals surface area contributed by atoms with E-state index in [1.165, 1.54) is 0 Å². The molecule has 0 aliphatic heterocycles. The Labute approximate surface area is 106 Å². The second kappa shape index (κ2) is 5.00. The molecule has 0 spiro atoms. The standard InChI is InChI=1S/C13H16N4O/c1-9(2)12-8-11(13(18)14-3)16-17(12)10-4-6-15-7-5-10/h4-9H,1-3H3,(H,14,18). The average molecular weight is 244 g/mol. The molecule has 2 heterocycles. The van der Waals surface area contributed by atoms with Crippen LogP contribution in [-0.2, 0) is 0 Å². The summed E-state index contributed by atoms with van der Waals surface area (Å²) in [5.41, 5.74) is 2.33. The van der Waals surface area contributed by atoms with Crippen LogP contribution in [0, 0.1) is 0 Å². The van der Waals surface area contributed by atoms with Gasteiger partial charge < -0.3 is 5.32 Å². The van der Waals surface area contributed by atoms with Crippen LogP contribution in [0.1, 0.15) is 35.9 Å². The largest absolute Gasteiger partial charge is 0.354 e. The molecule has 0 aliphatic carbocycles. The first-order chi connectivity index (χ1) is 8.63. The second-order valence-corrected chi connectivity index (χ2v) is 4.31. The van der Waals surface area contributed by atoms with Crippen molar-refractivity contribution in [2.24, 2.45) is 0 Å². The van der Waals surface area contributed by atoms with Crippen molar-refractivity contribution in [2.45, 2.75) is 19.8 Å². The molecule has 1 amide bonds. The van der Waals surface area contributed by atoms with Crippen molar-refractivity contribution in [2.75, 3.05) is 7.05 Å². The predicted molar refractivity (Wildman–Crippen MR) is 68.8 cm³/mol. The Morgan fingerprint density at radius 3 is 2.56 bits per heavy atom. The molecule has 0 saturated carbocycles. The number of carbonyl (C=O) groups is 1. The van der Waals surface area contributed by atoms with Crippen LogP contribution < -0.4 is 5.32 Å². The van der Waals surface area contributed by atoms with Gasteiger partial charge in [0.2, 0.25) is 0 Å². The third-order valence-corrected chi connectivity index (χ3v) is 2.70. The minimum absolute atomic E-state index is 0.176. The maximum atomic E-state index is 11.6. The van der Waals surface area contributed by atoms with E-state index in [1.54, 1.807) is 24.1 Å². The Bertz CT molecular complexity index is 545. The maximum absolute atomic E-state index is 11.6. The first-order valence-electron chi connectivity index (χ1n) is 5.86. The van der Waals surface area contributed by atoms with Gasteiger partial charge in [0, 0.05) is 25.1 Å². The van der Waals surface area contributed by atoms with Gasteiger partial charge in [-0.25, -0.2) is 4.68 Å². The van der Waals surface area contributed by atoms with E-state index in [0.717, 1.165) is 11.4 Å². The van der Waals surface area contributed by atoms with Gasteiger partial charge in [0.15, 0.2) is 5.69 Å². The zero-order valence-electron chi connectivity index (χ0n) is 10.7. The van der Waals surface area contributed by atoms with Gasteiger partial charge >= 0.3 is 0 Å². The summed E-state index contributed by atoms with van der Waals surface area (Å²) in [6, 6.07) is 5.56. The zero-order valence-corrected chi connectivity index (χ0v) is 10.7. The van der Waals surface area contributed by atoms with Crippen LogP contribution in [0.2, 0.25) is 0 Å². The summed E-state index contributed by atoms with van der Waals surface area (Å²) in [6.07, 6.45) is 3.42. The third-order valence-electron chi connectivity index (χ3n) is 2.70. The number of carbonyl (C=O) groups excluding carboxylic acids is 1. The Kier molecular flexibility index (Phi) is 3.41. The molecule has 94 valence electrons. The van der Waals surface area contributed by atoms with E-state index in [0.29, 0.717) is 5.69 Å². The molecule has 5 nitrogen and oxygen atoms in total. The summed E-state index contributed by atoms with van der Waals surface area (Å²) in [6.45, 7) is 4.14. The van der Waals surface area contributed by atoms with E-state index in [2.05, 4.69) is 29.2 Å². The first-order valence-corrected chi connectivity index (χ1v) is 5.86. The average Bonchev–Trinajstić information content (AvgIpc) is 2.84. The van der Waals surface area contributed by atoms with E-state index in [4.69, 9.17) is 0 Å². The van der Waals surface area contributed by atoms with E-state index >= 15 is 0 Å². The van der Waals surface area contributed by atoms with E-state index in [1.807, 2.05) is 18.2 Å². The minimum Gasteiger partial charge on any atom is -0.354 e. The van der Waals surface area contributed by atoms with Gasteiger partial charge in [0.25, 0.3) is 5.91 Å². The second-order valence-electron chi connectivity index (χ2n) is 4.31. The SMILES string of the molecule is CNC(=O)c1cc(C(C)C)n(-c2ccncc2)n1. The van der Waals surface area contributed by atoms with Crippen LogP contribution in [0.5, 0.6) is 0 Å². The number of hydrogen-bond acceptors (Lipinski definition) is 3. The Hall–Kier alpha value is -2.17. The number of hydrogen-bond donors (Lipinski definition) is 1. The fraction of sp³-hybridized carbons (Fsp3) is 0.308. The smallest absolute Gasteiger partial charge is 0.271 e. The molecule has 0 fully saturated rings. The van der Waals surface area contributed by atoms with Gasteiger partial charge in [-0.3, -0.25) is 9.78 Å². The lowest BCUT2D eigenvalue weighted by atomic mass is 10.1. The lowest BCUT2D eigenvalue weighted by Crippen LogP contribution is -2.18. The molecule has 0 saturated heterocycles. The van der Waals surface area contributed by atoms with Gasteiger partial charge in [-0.2, -0.15) is 5.10 Å². The van der Waals surface area contributed by atoms with Crippen molar-refractivity contribution in [1.82, 2.24) is 20.1 Å². The van der Waals surface area contributed by atoms with E-state index < -0.39 is 0 Å². The first kappa shape index (κ1) is 12.3. The number of rotatable bonds is 3. The maximum Gasteiger partial charge on any atom is 0.271 e. The highest BCUT2D eigenvalue weighted by atomic mass is 16.1. The molecular weight excluding hydrogens is 228 g/mol. The summed E-state index contributed by atoms with van der Waals surface area (Å²) in [7, 11) is 1.60. The van der Waals surface area contributed by atoms with Gasteiger partial charge in [0.1, 0.15) is 0 Å². The molecular formula is C13H16N4O. The normalized spacial score (nSPS) is 10.7. The number of nitrogens with one attached hydrogen (secondary N) is 1. The predicted octanol–water partition coefficient (Wildman–Crippen LogP) is 1.75. The molecule has 2 rings (SSSR count). The summed E-state index contributed by atoms with van der Waals surface area (Å²) in [5.74, 6) is 0.105. The Balaban J connectivity index is 2.52. The van der Waals surface area contributed by atoms with Crippen molar-refractivity contribution in [3.05, 3.63) is 42.0 Å². The molecule has 2 aromatic heterocycles. The molecule has 0 aliphatic rings. The summed E-state index contributed by atoms with van der Waals surface area (Å²) in [4.78, 5) is 15.6. The van der Waals surface area contributed by atoms with Crippen molar-refractivity contribution in [3.63, 3.8) is 0 Å². The van der Waals surface area contributed by atoms with E-state index in [-0.39, 0.29) is 11.8 Å². The highest BCUT2D eigenvalue weighted by Gasteiger charge is 2.16. The van der Waals surface area contributed by atoms with E-state index in [9.17, 15) is 4.79 Å². The molecule has 0 atom stereocenters. The molecule has 0 radical (unpaired) electrons. The highest BCUT2D eigenvalue weighted by molar-refractivity contribution is 5.92. The van der Waals surface area contributed by atoms with Crippen LogP contribution in [0.25, 0.3) is 5.69 Å². The molecule has 0 bridgehead atoms. The molecule has 0 aromatic carbocycles. The number of pyridine rings is 1. The Morgan fingerprint density at radius 2 is 2.00 bits per heavy atom.